The fourth-order valence-corrected chi connectivity index (χ4v) is 2.73. The molecule has 0 radical (unpaired) electrons. The Morgan fingerprint density at radius 2 is 1.87 bits per heavy atom. The van der Waals surface area contributed by atoms with E-state index in [9.17, 15) is 4.21 Å². The van der Waals surface area contributed by atoms with Crippen molar-refractivity contribution in [3.63, 3.8) is 0 Å². The fourth-order valence-electron chi connectivity index (χ4n) is 2.10. The van der Waals surface area contributed by atoms with E-state index in [0.717, 1.165) is 5.56 Å². The smallest absolute Gasteiger partial charge is 0.265 e. The van der Waals surface area contributed by atoms with Gasteiger partial charge in [-0.25, -0.2) is 0 Å². The van der Waals surface area contributed by atoms with E-state index in [1.54, 1.807) is 0 Å². The van der Waals surface area contributed by atoms with Crippen molar-refractivity contribution in [2.75, 3.05) is 6.61 Å². The standard InChI is InChI=1S/C11H14O3S/c1-7-4-8(2)11(9(3)5-7)10-6-13-15(12)14-10/h4-5,10H,6H2,1-3H3. The van der Waals surface area contributed by atoms with Gasteiger partial charge < -0.3 is 0 Å². The predicted octanol–water partition coefficient (Wildman–Crippen LogP) is 2.28. The second-order valence-electron chi connectivity index (χ2n) is 3.89. The van der Waals surface area contributed by atoms with Crippen molar-refractivity contribution in [3.8, 4) is 0 Å². The summed E-state index contributed by atoms with van der Waals surface area (Å²) < 4.78 is 21.1. The molecule has 0 aromatic heterocycles. The molecule has 15 heavy (non-hydrogen) atoms. The minimum absolute atomic E-state index is 0.188. The van der Waals surface area contributed by atoms with Crippen LogP contribution >= 0.6 is 0 Å². The molecule has 0 bridgehead atoms. The van der Waals surface area contributed by atoms with Crippen LogP contribution in [0.2, 0.25) is 0 Å². The molecule has 0 spiro atoms. The molecule has 2 unspecified atom stereocenters. The molecule has 0 N–H and O–H groups in total. The van der Waals surface area contributed by atoms with E-state index in [1.165, 1.54) is 16.7 Å². The quantitative estimate of drug-likeness (QED) is 0.737. The summed E-state index contributed by atoms with van der Waals surface area (Å²) in [5.41, 5.74) is 4.67. The molecule has 4 heteroatoms. The maximum absolute atomic E-state index is 11.0. The van der Waals surface area contributed by atoms with Crippen LogP contribution in [0.4, 0.5) is 0 Å². The van der Waals surface area contributed by atoms with Crippen LogP contribution in [0, 0.1) is 20.8 Å². The second kappa shape index (κ2) is 4.04. The normalized spacial score (nSPS) is 25.8. The van der Waals surface area contributed by atoms with Crippen LogP contribution in [-0.4, -0.2) is 10.8 Å². The molecule has 0 saturated carbocycles. The third kappa shape index (κ3) is 2.12. The molecule has 0 amide bonds. The lowest BCUT2D eigenvalue weighted by Crippen LogP contribution is -2.05. The first-order valence-electron chi connectivity index (χ1n) is 4.88. The lowest BCUT2D eigenvalue weighted by Gasteiger charge is -2.14. The number of hydrogen-bond donors (Lipinski definition) is 0. The van der Waals surface area contributed by atoms with E-state index in [2.05, 4.69) is 19.1 Å². The molecule has 1 aliphatic rings. The monoisotopic (exact) mass is 226 g/mol. The van der Waals surface area contributed by atoms with Gasteiger partial charge in [0.15, 0.2) is 0 Å². The number of rotatable bonds is 1. The maximum Gasteiger partial charge on any atom is 0.305 e. The van der Waals surface area contributed by atoms with E-state index < -0.39 is 11.4 Å². The van der Waals surface area contributed by atoms with E-state index in [4.69, 9.17) is 8.37 Å². The van der Waals surface area contributed by atoms with Gasteiger partial charge in [-0.15, -0.1) is 0 Å². The van der Waals surface area contributed by atoms with Crippen LogP contribution < -0.4 is 0 Å². The van der Waals surface area contributed by atoms with Crippen molar-refractivity contribution < 1.29 is 12.6 Å². The van der Waals surface area contributed by atoms with Gasteiger partial charge in [0.25, 0.3) is 0 Å². The molecule has 1 aromatic carbocycles. The molecule has 1 fully saturated rings. The highest BCUT2D eigenvalue weighted by Gasteiger charge is 2.27. The highest BCUT2D eigenvalue weighted by molar-refractivity contribution is 7.75. The summed E-state index contributed by atoms with van der Waals surface area (Å²) in [6.45, 7) is 6.52. The predicted molar refractivity (Wildman–Crippen MR) is 58.6 cm³/mol. The molecule has 1 aromatic rings. The Bertz CT molecular complexity index is 391. The van der Waals surface area contributed by atoms with Gasteiger partial charge in [-0.05, 0) is 37.5 Å². The highest BCUT2D eigenvalue weighted by atomic mass is 32.2. The van der Waals surface area contributed by atoms with Crippen LogP contribution in [0.3, 0.4) is 0 Å². The average Bonchev–Trinajstić information content (AvgIpc) is 2.49. The lowest BCUT2D eigenvalue weighted by molar-refractivity contribution is 0.244. The highest BCUT2D eigenvalue weighted by Crippen LogP contribution is 2.31. The zero-order valence-electron chi connectivity index (χ0n) is 9.07. The van der Waals surface area contributed by atoms with E-state index in [1.807, 2.05) is 13.8 Å². The molecule has 0 aliphatic carbocycles. The van der Waals surface area contributed by atoms with Gasteiger partial charge in [0, 0.05) is 0 Å². The van der Waals surface area contributed by atoms with Crippen LogP contribution in [0.5, 0.6) is 0 Å². The molecule has 2 atom stereocenters. The topological polar surface area (TPSA) is 35.5 Å². The molecule has 82 valence electrons. The molecule has 1 heterocycles. The zero-order valence-corrected chi connectivity index (χ0v) is 9.89. The Labute approximate surface area is 92.3 Å². The largest absolute Gasteiger partial charge is 0.305 e. The van der Waals surface area contributed by atoms with Crippen molar-refractivity contribution in [2.45, 2.75) is 26.9 Å². The van der Waals surface area contributed by atoms with Crippen molar-refractivity contribution in [1.82, 2.24) is 0 Å². The molecule has 2 rings (SSSR count). The van der Waals surface area contributed by atoms with E-state index >= 15 is 0 Å². The van der Waals surface area contributed by atoms with E-state index in [-0.39, 0.29) is 6.10 Å². The van der Waals surface area contributed by atoms with Crippen LogP contribution in [-0.2, 0) is 19.7 Å². The third-order valence-corrected chi connectivity index (χ3v) is 3.29. The molecular weight excluding hydrogens is 212 g/mol. The summed E-state index contributed by atoms with van der Waals surface area (Å²) in [5, 5.41) is 0. The maximum atomic E-state index is 11.0. The third-order valence-electron chi connectivity index (χ3n) is 2.57. The first kappa shape index (κ1) is 10.8. The molecule has 1 saturated heterocycles. The van der Waals surface area contributed by atoms with Gasteiger partial charge in [0.2, 0.25) is 0 Å². The molecular formula is C11H14O3S. The Kier molecular flexibility index (Phi) is 2.91. The Hall–Kier alpha value is -0.710. The van der Waals surface area contributed by atoms with Gasteiger partial charge >= 0.3 is 11.4 Å². The van der Waals surface area contributed by atoms with Gasteiger partial charge in [-0.1, -0.05) is 17.7 Å². The van der Waals surface area contributed by atoms with Gasteiger partial charge in [-0.3, -0.25) is 8.37 Å². The summed E-state index contributed by atoms with van der Waals surface area (Å²) in [6, 6.07) is 4.21. The summed E-state index contributed by atoms with van der Waals surface area (Å²) >= 11 is -1.58. The fraction of sp³-hybridized carbons (Fsp3) is 0.455. The Morgan fingerprint density at radius 3 is 2.33 bits per heavy atom. The van der Waals surface area contributed by atoms with Crippen LogP contribution in [0.25, 0.3) is 0 Å². The van der Waals surface area contributed by atoms with Crippen LogP contribution in [0.15, 0.2) is 12.1 Å². The Morgan fingerprint density at radius 1 is 1.27 bits per heavy atom. The summed E-state index contributed by atoms with van der Waals surface area (Å²) in [4.78, 5) is 0. The zero-order chi connectivity index (χ0) is 11.0. The van der Waals surface area contributed by atoms with E-state index in [0.29, 0.717) is 6.61 Å². The average molecular weight is 226 g/mol. The minimum atomic E-state index is -1.58. The van der Waals surface area contributed by atoms with Crippen molar-refractivity contribution in [3.05, 3.63) is 34.4 Å². The molecule has 3 nitrogen and oxygen atoms in total. The number of benzene rings is 1. The first-order valence-corrected chi connectivity index (χ1v) is 5.88. The SMILES string of the molecule is Cc1cc(C)c(C2COS(=O)O2)c(C)c1. The van der Waals surface area contributed by atoms with Gasteiger partial charge in [0.05, 0.1) is 6.61 Å². The summed E-state index contributed by atoms with van der Waals surface area (Å²) in [5.74, 6) is 0. The van der Waals surface area contributed by atoms with Gasteiger partial charge in [-0.2, -0.15) is 4.21 Å². The Balaban J connectivity index is 2.39. The van der Waals surface area contributed by atoms with Crippen molar-refractivity contribution >= 4 is 11.4 Å². The molecule has 1 aliphatic heterocycles. The first-order chi connectivity index (χ1) is 7.08. The van der Waals surface area contributed by atoms with Crippen molar-refractivity contribution in [2.24, 2.45) is 0 Å². The second-order valence-corrected chi connectivity index (χ2v) is 4.72. The van der Waals surface area contributed by atoms with Gasteiger partial charge in [0.1, 0.15) is 6.10 Å². The van der Waals surface area contributed by atoms with Crippen molar-refractivity contribution in [1.29, 1.82) is 0 Å². The number of aryl methyl sites for hydroxylation is 3. The summed E-state index contributed by atoms with van der Waals surface area (Å²) in [6.07, 6.45) is -0.188. The lowest BCUT2D eigenvalue weighted by atomic mass is 9.96. The number of hydrogen-bond acceptors (Lipinski definition) is 3. The van der Waals surface area contributed by atoms with Crippen LogP contribution in [0.1, 0.15) is 28.4 Å². The minimum Gasteiger partial charge on any atom is -0.265 e. The summed E-state index contributed by atoms with van der Waals surface area (Å²) in [7, 11) is 0.